The molecule has 0 radical (unpaired) electrons. The Bertz CT molecular complexity index is 7000. The first-order chi connectivity index (χ1) is 64.1. The number of aromatic nitrogens is 8. The van der Waals surface area contributed by atoms with Crippen molar-refractivity contribution >= 4 is 103 Å². The molecule has 0 saturated carbocycles. The van der Waals surface area contributed by atoms with Crippen molar-refractivity contribution in [2.24, 2.45) is 41.1 Å². The third-order valence-corrected chi connectivity index (χ3v) is 23.8. The van der Waals surface area contributed by atoms with Gasteiger partial charge in [0.15, 0.2) is 37.2 Å². The van der Waals surface area contributed by atoms with Gasteiger partial charge in [0.05, 0.1) is 58.8 Å². The number of nitrogens with one attached hydrogen (secondary N) is 4. The van der Waals surface area contributed by atoms with E-state index in [4.69, 9.17) is 29.4 Å². The summed E-state index contributed by atoms with van der Waals surface area (Å²) in [4.78, 5) is 116. The maximum Gasteiger partial charge on any atom is 0.253 e. The van der Waals surface area contributed by atoms with Crippen LogP contribution in [0.4, 0.5) is 0 Å². The molecule has 20 rings (SSSR count). The average molecular weight is 1790 g/mol. The number of ether oxygens (including phenoxy) is 2. The van der Waals surface area contributed by atoms with E-state index in [2.05, 4.69) is 231 Å². The van der Waals surface area contributed by atoms with Gasteiger partial charge in [-0.25, -0.2) is 33.7 Å². The van der Waals surface area contributed by atoms with Crippen molar-refractivity contribution in [3.05, 3.63) is 430 Å². The molecule has 16 bridgehead atoms. The third-order valence-electron chi connectivity index (χ3n) is 23.8. The Balaban J connectivity index is 0.000000200. The van der Waals surface area contributed by atoms with E-state index >= 15 is 0 Å². The predicted octanol–water partition coefficient (Wildman–Crippen LogP) is 16.5. The summed E-state index contributed by atoms with van der Waals surface area (Å²) in [7, 11) is 6.07. The van der Waals surface area contributed by atoms with Crippen LogP contribution in [-0.4, -0.2) is 132 Å². The number of imide groups is 2. The number of carbonyl (C=O) groups is 6. The highest BCUT2D eigenvalue weighted by Gasteiger charge is 2.33. The van der Waals surface area contributed by atoms with Crippen molar-refractivity contribution in [2.75, 3.05) is 39.4 Å². The largest absolute Gasteiger partial charge is 0.494 e. The molecule has 0 spiro atoms. The van der Waals surface area contributed by atoms with Gasteiger partial charge in [-0.2, -0.15) is 0 Å². The lowest BCUT2D eigenvalue weighted by molar-refractivity contribution is -0.671. The lowest BCUT2D eigenvalue weighted by Crippen LogP contribution is -2.35. The zero-order valence-electron chi connectivity index (χ0n) is 72.1. The lowest BCUT2D eigenvalue weighted by atomic mass is 9.91. The van der Waals surface area contributed by atoms with Crippen LogP contribution in [-0.2, 0) is 49.9 Å². The lowest BCUT2D eigenvalue weighted by Gasteiger charge is -2.15. The number of rotatable bonds is 24. The molecule has 2 aromatic carbocycles. The highest BCUT2D eigenvalue weighted by molar-refractivity contribution is 6.36. The van der Waals surface area contributed by atoms with E-state index in [1.165, 1.54) is 24.3 Å². The summed E-state index contributed by atoms with van der Waals surface area (Å²) >= 11 is 0. The fourth-order valence-corrected chi connectivity index (χ4v) is 17.3. The highest BCUT2D eigenvalue weighted by atomic mass is 16.5. The fourth-order valence-electron chi connectivity index (χ4n) is 17.3. The Hall–Kier alpha value is -16.8. The van der Waals surface area contributed by atoms with Gasteiger partial charge in [-0.05, 0) is 226 Å². The maximum absolute atomic E-state index is 12.4. The molecule has 8 aromatic heterocycles. The van der Waals surface area contributed by atoms with Crippen LogP contribution >= 0.6 is 0 Å². The Morgan fingerprint density at radius 1 is 0.319 bits per heavy atom. The molecular formula is C111H105N16O8+3. The van der Waals surface area contributed by atoms with Gasteiger partial charge in [-0.1, -0.05) is 78.3 Å². The molecule has 4 N–H and O–H groups in total. The van der Waals surface area contributed by atoms with Gasteiger partial charge in [-0.15, -0.1) is 0 Å². The number of carbonyl (C=O) groups excluding carboxylic acids is 6. The van der Waals surface area contributed by atoms with Crippen LogP contribution in [0.3, 0.4) is 0 Å². The number of nitrogens with zero attached hydrogens (tertiary/aromatic N) is 12. The standard InChI is InChI=1S/C55H47N8O4.C52H40N8O4.4CH4/c1-60-27-19-37(20-28-60)53-41-6-5-40(35-41)52(36-7-9-42(10-8-36)67-34-4-26-56-49(64)25-33-63-50(65)17-18-51(63)66)43-11-13-45(57-43)54(38-21-29-61(2)30-22-38)47-15-16-48(59-47)55(46-14-12-44(53)58-46)39-23-31-62(3)32-24-39;61-46(22-30-60-47(62)14-15-48(60)63)56-23-1-31-64-39-6-4-33(5-7-39)49-37-2-3-38(32-37)50(34-16-24-53-25-17-34)41-9-11-43(58-41)52(36-20-28-55-29-21-36)45-13-12-44(59-45)51(35-18-26-54-27-19-35)42-10-8-40(49)57-42;;;;/h5-24,27-32H,4,25-26,33-35H2,1-3H3;2-21,24-29,59H,1,22-23,30-32H2,(H,56,61);4*1H4/q+1;;;;;/p+2. The van der Waals surface area contributed by atoms with Gasteiger partial charge in [0.25, 0.3) is 23.6 Å². The van der Waals surface area contributed by atoms with Crippen molar-refractivity contribution in [3.63, 3.8) is 0 Å². The minimum Gasteiger partial charge on any atom is -0.494 e. The molecule has 135 heavy (non-hydrogen) atoms. The molecule has 674 valence electrons. The predicted molar refractivity (Wildman–Crippen MR) is 530 cm³/mol. The summed E-state index contributed by atoms with van der Waals surface area (Å²) in [6.07, 6.45) is 56.4. The number of amides is 6. The van der Waals surface area contributed by atoms with Crippen molar-refractivity contribution in [2.45, 2.75) is 68.2 Å². The van der Waals surface area contributed by atoms with Crippen LogP contribution in [0, 0.1) is 0 Å². The zero-order chi connectivity index (χ0) is 89.4. The van der Waals surface area contributed by atoms with Crippen molar-refractivity contribution in [1.29, 1.82) is 0 Å². The molecule has 0 saturated heterocycles. The van der Waals surface area contributed by atoms with Gasteiger partial charge >= 0.3 is 0 Å². The number of H-pyrrole nitrogens is 2. The Labute approximate surface area is 785 Å². The van der Waals surface area contributed by atoms with E-state index in [9.17, 15) is 28.8 Å². The summed E-state index contributed by atoms with van der Waals surface area (Å²) in [5, 5.41) is 5.69. The molecule has 2 aliphatic carbocycles. The van der Waals surface area contributed by atoms with Gasteiger partial charge in [0, 0.05) is 204 Å². The number of fused-ring (bicyclic) bond motifs is 12. The van der Waals surface area contributed by atoms with Crippen LogP contribution in [0.5, 0.6) is 11.5 Å². The van der Waals surface area contributed by atoms with Crippen molar-refractivity contribution < 1.29 is 51.9 Å². The van der Waals surface area contributed by atoms with E-state index in [1.807, 2.05) is 108 Å². The van der Waals surface area contributed by atoms with Crippen LogP contribution in [0.1, 0.15) is 136 Å². The van der Waals surface area contributed by atoms with E-state index in [0.29, 0.717) is 63.5 Å². The molecule has 8 aliphatic heterocycles. The Morgan fingerprint density at radius 3 is 0.852 bits per heavy atom. The third kappa shape index (κ3) is 20.3. The summed E-state index contributed by atoms with van der Waals surface area (Å²) in [6.45, 7) is 1.69. The molecule has 0 unspecified atom stereocenters. The Morgan fingerprint density at radius 2 is 0.570 bits per heavy atom. The van der Waals surface area contributed by atoms with E-state index in [1.54, 1.807) is 24.8 Å². The molecule has 0 atom stereocenters. The number of aryl methyl sites for hydroxylation is 3. The van der Waals surface area contributed by atoms with E-state index < -0.39 is 23.6 Å². The average Bonchev–Trinajstić information content (AvgIpc) is 1.62. The topological polar surface area (TPSA) is 283 Å². The SMILES string of the molecule is C.C.C.C.C[n+]1ccc(C2=C3C=CC(=C(c4ccc(OCCCNC(=O)CCN5C(=O)C=CC5=O)cc4)C4=NC(=C(c5cc[n+](C)cc5)c5ccc([nH]5)C(c5cc[n+](C)cc5)=C5C=CC2=N5)C=C4)C3)cc1.O=C(CCN1C(=O)C=CC1=O)NCCCOc1ccc(C2=C3C=CC(=C(c4ccncc4)C4=NC(=C(c5ccncc5)c5ccc([nH]5)C(c5ccncc5)=C5C=CC2=N5)C=C4)C3)cc1. The van der Waals surface area contributed by atoms with Crippen molar-refractivity contribution in [1.82, 2.24) is 45.4 Å². The zero-order valence-corrected chi connectivity index (χ0v) is 72.1. The van der Waals surface area contributed by atoms with Gasteiger partial charge < -0.3 is 30.1 Å². The van der Waals surface area contributed by atoms with Crippen LogP contribution in [0.15, 0.2) is 382 Å². The van der Waals surface area contributed by atoms with Crippen molar-refractivity contribution in [3.8, 4) is 11.5 Å². The number of benzene rings is 2. The maximum atomic E-state index is 12.4. The summed E-state index contributed by atoms with van der Waals surface area (Å²) < 4.78 is 18.3. The minimum atomic E-state index is -0.396. The number of hydrogen-bond acceptors (Lipinski definition) is 15. The quantitative estimate of drug-likeness (QED) is 0.0251. The number of allylic oxidation sites excluding steroid dienone is 20. The second-order valence-electron chi connectivity index (χ2n) is 32.5. The molecular weight excluding hydrogens is 1690 g/mol. The molecule has 24 heteroatoms. The smallest absolute Gasteiger partial charge is 0.253 e. The summed E-state index contributed by atoms with van der Waals surface area (Å²) in [5.41, 5.74) is 31.3. The molecule has 24 nitrogen and oxygen atoms in total. The van der Waals surface area contributed by atoms with Gasteiger partial charge in [-0.3, -0.25) is 53.5 Å². The molecule has 10 aromatic rings. The first kappa shape index (κ1) is 92.9. The normalized spacial score (nSPS) is 15.9. The van der Waals surface area contributed by atoms with E-state index in [-0.39, 0.29) is 67.5 Å². The highest BCUT2D eigenvalue weighted by Crippen LogP contribution is 2.45. The molecule has 16 heterocycles. The molecule has 6 amide bonds. The first-order valence-corrected chi connectivity index (χ1v) is 43.5. The molecule has 0 fully saturated rings. The number of aliphatic imine (C=N–C) groups is 4. The second-order valence-corrected chi connectivity index (χ2v) is 32.5. The monoisotopic (exact) mass is 1790 g/mol. The minimum absolute atomic E-state index is 0. The first-order valence-electron chi connectivity index (χ1n) is 43.5. The van der Waals surface area contributed by atoms with Crippen LogP contribution < -0.4 is 33.8 Å². The van der Waals surface area contributed by atoms with Gasteiger partial charge in [0.2, 0.25) is 11.8 Å². The number of pyridine rings is 6. The van der Waals surface area contributed by atoms with Gasteiger partial charge in [0.1, 0.15) is 32.6 Å². The molecule has 10 aliphatic rings. The van der Waals surface area contributed by atoms with Crippen LogP contribution in [0.25, 0.3) is 44.6 Å². The number of hydrogen-bond donors (Lipinski definition) is 4. The summed E-state index contributed by atoms with van der Waals surface area (Å²) in [6, 6.07) is 49.6. The van der Waals surface area contributed by atoms with E-state index in [0.717, 1.165) is 190 Å². The summed E-state index contributed by atoms with van der Waals surface area (Å²) in [5.74, 6) is -0.630. The number of aromatic amines is 2. The van der Waals surface area contributed by atoms with Crippen LogP contribution in [0.2, 0.25) is 0 Å². The fraction of sp³-hybridized carbons (Fsp3) is 0.171. The second kappa shape index (κ2) is 41.6. The Kier molecular flexibility index (Phi) is 28.6.